The van der Waals surface area contributed by atoms with E-state index in [0.29, 0.717) is 33.5 Å². The van der Waals surface area contributed by atoms with Crippen molar-refractivity contribution in [3.63, 3.8) is 0 Å². The normalized spacial score (nSPS) is 10.7. The third-order valence-electron chi connectivity index (χ3n) is 3.55. The van der Waals surface area contributed by atoms with E-state index >= 15 is 0 Å². The highest BCUT2D eigenvalue weighted by molar-refractivity contribution is 6.31. The maximum atomic E-state index is 12.9. The average Bonchev–Trinajstić information content (AvgIpc) is 2.95. The standard InChI is InChI=1S/C17H15ClN4O/c1-11-20-21-16(10-19)22(11)15-8-7-13(18)9-14(15)17(23)12-5-3-2-4-6-12/h2-9H,10,19H2,1H3. The lowest BCUT2D eigenvalue weighted by molar-refractivity contribution is 0.103. The number of aromatic nitrogens is 3. The van der Waals surface area contributed by atoms with Gasteiger partial charge < -0.3 is 5.73 Å². The summed E-state index contributed by atoms with van der Waals surface area (Å²) in [4.78, 5) is 12.9. The van der Waals surface area contributed by atoms with Gasteiger partial charge in [0.05, 0.1) is 12.2 Å². The highest BCUT2D eigenvalue weighted by Crippen LogP contribution is 2.24. The topological polar surface area (TPSA) is 73.8 Å². The first-order valence-corrected chi connectivity index (χ1v) is 7.50. The number of aryl methyl sites for hydroxylation is 1. The third kappa shape index (κ3) is 2.88. The van der Waals surface area contributed by atoms with E-state index in [4.69, 9.17) is 17.3 Å². The molecule has 2 aromatic carbocycles. The Morgan fingerprint density at radius 1 is 1.17 bits per heavy atom. The molecule has 3 aromatic rings. The second-order valence-corrected chi connectivity index (χ2v) is 5.50. The molecule has 0 aliphatic carbocycles. The summed E-state index contributed by atoms with van der Waals surface area (Å²) < 4.78 is 1.78. The predicted octanol–water partition coefficient (Wildman–Crippen LogP) is 2.92. The van der Waals surface area contributed by atoms with E-state index in [-0.39, 0.29) is 12.3 Å². The number of hydrogen-bond acceptors (Lipinski definition) is 4. The molecule has 0 saturated heterocycles. The van der Waals surface area contributed by atoms with Crippen molar-refractivity contribution in [1.29, 1.82) is 0 Å². The summed E-state index contributed by atoms with van der Waals surface area (Å²) in [6, 6.07) is 14.2. The third-order valence-corrected chi connectivity index (χ3v) is 3.79. The van der Waals surface area contributed by atoms with E-state index in [2.05, 4.69) is 10.2 Å². The fraction of sp³-hybridized carbons (Fsp3) is 0.118. The number of ketones is 1. The molecule has 0 amide bonds. The summed E-state index contributed by atoms with van der Waals surface area (Å²) in [7, 11) is 0. The van der Waals surface area contributed by atoms with Crippen LogP contribution in [0.4, 0.5) is 0 Å². The van der Waals surface area contributed by atoms with Crippen molar-refractivity contribution < 1.29 is 4.79 Å². The Labute approximate surface area is 138 Å². The number of carbonyl (C=O) groups excluding carboxylic acids is 1. The largest absolute Gasteiger partial charge is 0.324 e. The molecular formula is C17H15ClN4O. The van der Waals surface area contributed by atoms with Gasteiger partial charge >= 0.3 is 0 Å². The van der Waals surface area contributed by atoms with Gasteiger partial charge in [-0.05, 0) is 25.1 Å². The van der Waals surface area contributed by atoms with Crippen molar-refractivity contribution in [3.8, 4) is 5.69 Å². The van der Waals surface area contributed by atoms with Gasteiger partial charge in [-0.25, -0.2) is 0 Å². The molecule has 1 aromatic heterocycles. The molecule has 0 radical (unpaired) electrons. The Hall–Kier alpha value is -2.50. The van der Waals surface area contributed by atoms with Crippen LogP contribution in [0.15, 0.2) is 48.5 Å². The molecule has 2 N–H and O–H groups in total. The fourth-order valence-electron chi connectivity index (χ4n) is 2.48. The van der Waals surface area contributed by atoms with Crippen LogP contribution in [-0.4, -0.2) is 20.5 Å². The number of halogens is 1. The van der Waals surface area contributed by atoms with E-state index in [9.17, 15) is 4.79 Å². The quantitative estimate of drug-likeness (QED) is 0.748. The van der Waals surface area contributed by atoms with Crippen LogP contribution < -0.4 is 5.73 Å². The zero-order chi connectivity index (χ0) is 16.4. The van der Waals surface area contributed by atoms with Crippen LogP contribution in [0.1, 0.15) is 27.6 Å². The van der Waals surface area contributed by atoms with E-state index in [1.807, 2.05) is 25.1 Å². The van der Waals surface area contributed by atoms with Crippen LogP contribution in [0.5, 0.6) is 0 Å². The van der Waals surface area contributed by atoms with Crippen LogP contribution in [0.2, 0.25) is 5.02 Å². The molecule has 0 fully saturated rings. The molecule has 0 saturated carbocycles. The Kier molecular flexibility index (Phi) is 4.23. The molecule has 0 aliphatic heterocycles. The van der Waals surface area contributed by atoms with Gasteiger partial charge in [-0.2, -0.15) is 0 Å². The van der Waals surface area contributed by atoms with E-state index < -0.39 is 0 Å². The molecule has 6 heteroatoms. The number of benzene rings is 2. The minimum absolute atomic E-state index is 0.112. The summed E-state index contributed by atoms with van der Waals surface area (Å²) >= 11 is 6.11. The maximum Gasteiger partial charge on any atom is 0.195 e. The minimum atomic E-state index is -0.112. The van der Waals surface area contributed by atoms with Crippen LogP contribution in [0.3, 0.4) is 0 Å². The maximum absolute atomic E-state index is 12.9. The molecule has 0 atom stereocenters. The van der Waals surface area contributed by atoms with E-state index in [1.165, 1.54) is 0 Å². The van der Waals surface area contributed by atoms with Crippen LogP contribution >= 0.6 is 11.6 Å². The van der Waals surface area contributed by atoms with Gasteiger partial charge in [0, 0.05) is 16.1 Å². The molecule has 116 valence electrons. The molecule has 0 bridgehead atoms. The van der Waals surface area contributed by atoms with Crippen molar-refractivity contribution in [2.45, 2.75) is 13.5 Å². The second kappa shape index (κ2) is 6.32. The number of nitrogens with two attached hydrogens (primary N) is 1. The zero-order valence-electron chi connectivity index (χ0n) is 12.5. The predicted molar refractivity (Wildman–Crippen MR) is 88.9 cm³/mol. The Morgan fingerprint density at radius 2 is 1.91 bits per heavy atom. The molecule has 23 heavy (non-hydrogen) atoms. The number of rotatable bonds is 4. The Morgan fingerprint density at radius 3 is 2.61 bits per heavy atom. The van der Waals surface area contributed by atoms with Gasteiger partial charge in [-0.1, -0.05) is 41.9 Å². The van der Waals surface area contributed by atoms with Crippen LogP contribution in [0.25, 0.3) is 5.69 Å². The molecule has 1 heterocycles. The SMILES string of the molecule is Cc1nnc(CN)n1-c1ccc(Cl)cc1C(=O)c1ccccc1. The molecule has 3 rings (SSSR count). The van der Waals surface area contributed by atoms with Gasteiger partial charge in [0.15, 0.2) is 11.6 Å². The number of hydrogen-bond donors (Lipinski definition) is 1. The summed E-state index contributed by atoms with van der Waals surface area (Å²) in [5.74, 6) is 1.14. The van der Waals surface area contributed by atoms with Crippen molar-refractivity contribution in [2.24, 2.45) is 5.73 Å². The lowest BCUT2D eigenvalue weighted by atomic mass is 10.0. The summed E-state index contributed by atoms with van der Waals surface area (Å²) in [5.41, 5.74) is 7.49. The fourth-order valence-corrected chi connectivity index (χ4v) is 2.65. The van der Waals surface area contributed by atoms with Crippen molar-refractivity contribution in [3.05, 3.63) is 76.3 Å². The van der Waals surface area contributed by atoms with Crippen LogP contribution in [0, 0.1) is 6.92 Å². The van der Waals surface area contributed by atoms with Crippen molar-refractivity contribution in [2.75, 3.05) is 0 Å². The van der Waals surface area contributed by atoms with Gasteiger partial charge in [-0.3, -0.25) is 9.36 Å². The van der Waals surface area contributed by atoms with E-state index in [1.54, 1.807) is 34.9 Å². The highest BCUT2D eigenvalue weighted by atomic mass is 35.5. The number of carbonyl (C=O) groups is 1. The van der Waals surface area contributed by atoms with Gasteiger partial charge in [0.25, 0.3) is 0 Å². The Balaban J connectivity index is 2.20. The summed E-state index contributed by atoms with van der Waals surface area (Å²) in [5, 5.41) is 8.59. The Bertz CT molecular complexity index is 858. The van der Waals surface area contributed by atoms with Crippen LogP contribution in [-0.2, 0) is 6.54 Å². The lowest BCUT2D eigenvalue weighted by Crippen LogP contribution is -2.13. The van der Waals surface area contributed by atoms with Crippen molar-refractivity contribution in [1.82, 2.24) is 14.8 Å². The molecule has 0 spiro atoms. The van der Waals surface area contributed by atoms with Gasteiger partial charge in [0.1, 0.15) is 5.82 Å². The first kappa shape index (κ1) is 15.4. The molecule has 0 aliphatic rings. The summed E-state index contributed by atoms with van der Waals surface area (Å²) in [6.07, 6.45) is 0. The monoisotopic (exact) mass is 326 g/mol. The first-order valence-electron chi connectivity index (χ1n) is 7.12. The smallest absolute Gasteiger partial charge is 0.195 e. The number of nitrogens with zero attached hydrogens (tertiary/aromatic N) is 3. The lowest BCUT2D eigenvalue weighted by Gasteiger charge is -2.13. The molecule has 5 nitrogen and oxygen atoms in total. The highest BCUT2D eigenvalue weighted by Gasteiger charge is 2.19. The van der Waals surface area contributed by atoms with Gasteiger partial charge in [-0.15, -0.1) is 10.2 Å². The van der Waals surface area contributed by atoms with E-state index in [0.717, 1.165) is 0 Å². The first-order chi connectivity index (χ1) is 11.1. The minimum Gasteiger partial charge on any atom is -0.324 e. The van der Waals surface area contributed by atoms with Crippen molar-refractivity contribution >= 4 is 17.4 Å². The summed E-state index contributed by atoms with van der Waals surface area (Å²) in [6.45, 7) is 2.04. The molecule has 0 unspecified atom stereocenters. The zero-order valence-corrected chi connectivity index (χ0v) is 13.3. The molecular weight excluding hydrogens is 312 g/mol. The van der Waals surface area contributed by atoms with Gasteiger partial charge in [0.2, 0.25) is 0 Å². The average molecular weight is 327 g/mol. The second-order valence-electron chi connectivity index (χ2n) is 5.06.